The fraction of sp³-hybridized carbons (Fsp3) is 0.750. The predicted octanol–water partition coefficient (Wildman–Crippen LogP) is 5.56. The van der Waals surface area contributed by atoms with E-state index in [1.54, 1.807) is 0 Å². The maximum absolute atomic E-state index is 2.54. The van der Waals surface area contributed by atoms with Crippen LogP contribution in [0.3, 0.4) is 0 Å². The summed E-state index contributed by atoms with van der Waals surface area (Å²) in [4.78, 5) is 0. The molecule has 0 aliphatic rings. The second-order valence-electron chi connectivity index (χ2n) is 8.55. The minimum absolute atomic E-state index is 0. The highest BCUT2D eigenvalue weighted by atomic mass is 79.9. The molecule has 0 aromatic heterocycles. The van der Waals surface area contributed by atoms with E-state index in [9.17, 15) is 0 Å². The SMILES string of the molecule is CCCCCCCCCCCCCCC[P+](C)(C)Cc1ccccc1.[Br-]. The van der Waals surface area contributed by atoms with Gasteiger partial charge in [0, 0.05) is 20.6 Å². The summed E-state index contributed by atoms with van der Waals surface area (Å²) in [6, 6.07) is 11.1. The molecule has 1 aromatic carbocycles. The van der Waals surface area contributed by atoms with Gasteiger partial charge in [-0.15, -0.1) is 0 Å². The number of halogens is 1. The standard InChI is InChI=1S/C24H44P.BrH/c1-4-5-6-7-8-9-10-11-12-13-14-15-19-22-25(2,3)23-24-20-17-16-18-21-24;/h16-18,20-21H,4-15,19,22-23H2,1-3H3;1H/q+1;/p-1. The van der Waals surface area contributed by atoms with Crippen LogP contribution in [-0.4, -0.2) is 19.5 Å². The van der Waals surface area contributed by atoms with E-state index < -0.39 is 7.26 Å². The minimum Gasteiger partial charge on any atom is -1.00 e. The van der Waals surface area contributed by atoms with E-state index in [4.69, 9.17) is 0 Å². The summed E-state index contributed by atoms with van der Waals surface area (Å²) < 4.78 is 0. The van der Waals surface area contributed by atoms with Gasteiger partial charge in [0.25, 0.3) is 0 Å². The first-order valence-electron chi connectivity index (χ1n) is 11.0. The van der Waals surface area contributed by atoms with Gasteiger partial charge in [-0.25, -0.2) is 0 Å². The Morgan fingerprint density at radius 3 is 1.50 bits per heavy atom. The molecule has 0 heterocycles. The van der Waals surface area contributed by atoms with E-state index >= 15 is 0 Å². The molecule has 0 atom stereocenters. The lowest BCUT2D eigenvalue weighted by molar-refractivity contribution is -0.00000568. The number of benzene rings is 1. The molecular formula is C24H44BrP. The van der Waals surface area contributed by atoms with Crippen LogP contribution in [0.4, 0.5) is 0 Å². The lowest BCUT2D eigenvalue weighted by Crippen LogP contribution is -3.00. The Bertz CT molecular complexity index is 402. The molecule has 152 valence electrons. The highest BCUT2D eigenvalue weighted by Crippen LogP contribution is 2.54. The van der Waals surface area contributed by atoms with Crippen molar-refractivity contribution in [3.63, 3.8) is 0 Å². The van der Waals surface area contributed by atoms with Crippen LogP contribution in [-0.2, 0) is 6.16 Å². The first-order valence-corrected chi connectivity index (χ1v) is 14.1. The quantitative estimate of drug-likeness (QED) is 0.232. The van der Waals surface area contributed by atoms with Crippen molar-refractivity contribution < 1.29 is 17.0 Å². The van der Waals surface area contributed by atoms with Gasteiger partial charge in [-0.2, -0.15) is 0 Å². The monoisotopic (exact) mass is 442 g/mol. The zero-order chi connectivity index (χ0) is 18.2. The van der Waals surface area contributed by atoms with Crippen LogP contribution >= 0.6 is 7.26 Å². The minimum atomic E-state index is -0.747. The van der Waals surface area contributed by atoms with Gasteiger partial charge < -0.3 is 17.0 Å². The fourth-order valence-corrected chi connectivity index (χ4v) is 6.15. The van der Waals surface area contributed by atoms with Gasteiger partial charge in [0.05, 0.1) is 12.3 Å². The number of rotatable bonds is 16. The van der Waals surface area contributed by atoms with Crippen molar-refractivity contribution in [3.05, 3.63) is 35.9 Å². The van der Waals surface area contributed by atoms with Crippen LogP contribution in [0.15, 0.2) is 30.3 Å². The Morgan fingerprint density at radius 1 is 0.615 bits per heavy atom. The summed E-state index contributed by atoms with van der Waals surface area (Å²) in [6.07, 6.45) is 21.7. The van der Waals surface area contributed by atoms with Crippen LogP contribution in [0.5, 0.6) is 0 Å². The molecule has 0 radical (unpaired) electrons. The van der Waals surface area contributed by atoms with Crippen molar-refractivity contribution in [2.24, 2.45) is 0 Å². The molecule has 0 aliphatic carbocycles. The fourth-order valence-electron chi connectivity index (χ4n) is 3.71. The molecule has 0 amide bonds. The number of hydrogen-bond donors (Lipinski definition) is 0. The van der Waals surface area contributed by atoms with E-state index in [0.717, 1.165) is 0 Å². The van der Waals surface area contributed by atoms with E-state index in [1.165, 1.54) is 101 Å². The average molecular weight is 443 g/mol. The van der Waals surface area contributed by atoms with Crippen LogP contribution < -0.4 is 17.0 Å². The van der Waals surface area contributed by atoms with Crippen molar-refractivity contribution >= 4 is 7.26 Å². The Kier molecular flexibility index (Phi) is 17.3. The van der Waals surface area contributed by atoms with E-state index in [-0.39, 0.29) is 17.0 Å². The number of hydrogen-bond acceptors (Lipinski definition) is 0. The molecule has 0 spiro atoms. The summed E-state index contributed by atoms with van der Waals surface area (Å²) in [5.41, 5.74) is 1.54. The largest absolute Gasteiger partial charge is 1.00 e. The second kappa shape index (κ2) is 17.2. The third kappa shape index (κ3) is 15.2. The summed E-state index contributed by atoms with van der Waals surface area (Å²) in [6.45, 7) is 7.38. The molecule has 1 aromatic rings. The molecule has 0 aliphatic heterocycles. The van der Waals surface area contributed by atoms with Crippen molar-refractivity contribution in [1.82, 2.24) is 0 Å². The molecule has 26 heavy (non-hydrogen) atoms. The molecule has 0 saturated heterocycles. The van der Waals surface area contributed by atoms with E-state index in [0.29, 0.717) is 0 Å². The molecule has 1 rings (SSSR count). The third-order valence-electron chi connectivity index (χ3n) is 5.32. The van der Waals surface area contributed by atoms with Gasteiger partial charge >= 0.3 is 0 Å². The van der Waals surface area contributed by atoms with Gasteiger partial charge in [-0.3, -0.25) is 0 Å². The van der Waals surface area contributed by atoms with Crippen molar-refractivity contribution in [2.75, 3.05) is 19.5 Å². The van der Waals surface area contributed by atoms with Crippen molar-refractivity contribution in [3.8, 4) is 0 Å². The Balaban J connectivity index is 0.00000625. The molecule has 0 saturated carbocycles. The highest BCUT2D eigenvalue weighted by Gasteiger charge is 2.24. The first-order chi connectivity index (χ1) is 12.1. The zero-order valence-electron chi connectivity index (χ0n) is 17.8. The lowest BCUT2D eigenvalue weighted by atomic mass is 10.1. The second-order valence-corrected chi connectivity index (χ2v) is 13.2. The van der Waals surface area contributed by atoms with E-state index in [2.05, 4.69) is 50.6 Å². The van der Waals surface area contributed by atoms with Gasteiger partial charge in [-0.1, -0.05) is 108 Å². The van der Waals surface area contributed by atoms with Gasteiger partial charge in [0.15, 0.2) is 0 Å². The maximum atomic E-state index is 2.54. The zero-order valence-corrected chi connectivity index (χ0v) is 20.3. The normalized spacial score (nSPS) is 11.3. The predicted molar refractivity (Wildman–Crippen MR) is 119 cm³/mol. The van der Waals surface area contributed by atoms with Crippen LogP contribution in [0.2, 0.25) is 0 Å². The molecular weight excluding hydrogens is 399 g/mol. The van der Waals surface area contributed by atoms with Crippen molar-refractivity contribution in [2.45, 2.75) is 96.6 Å². The van der Waals surface area contributed by atoms with Crippen LogP contribution in [0.1, 0.15) is 96.0 Å². The Labute approximate surface area is 176 Å². The summed E-state index contributed by atoms with van der Waals surface area (Å²) >= 11 is 0. The van der Waals surface area contributed by atoms with E-state index in [1.807, 2.05) is 0 Å². The Hall–Kier alpha value is 0.130. The molecule has 0 N–H and O–H groups in total. The highest BCUT2D eigenvalue weighted by molar-refractivity contribution is 7.73. The first kappa shape index (κ1) is 26.1. The van der Waals surface area contributed by atoms with Gasteiger partial charge in [0.1, 0.15) is 0 Å². The molecule has 0 nitrogen and oxygen atoms in total. The third-order valence-corrected chi connectivity index (χ3v) is 8.07. The van der Waals surface area contributed by atoms with Gasteiger partial charge in [0.2, 0.25) is 0 Å². The smallest absolute Gasteiger partial charge is 0.0837 e. The number of unbranched alkanes of at least 4 members (excludes halogenated alkanes) is 12. The summed E-state index contributed by atoms with van der Waals surface area (Å²) in [5, 5.41) is 0. The molecule has 0 bridgehead atoms. The molecule has 2 heteroatoms. The molecule has 0 fully saturated rings. The average Bonchev–Trinajstić information content (AvgIpc) is 2.59. The Morgan fingerprint density at radius 2 is 1.04 bits per heavy atom. The summed E-state index contributed by atoms with van der Waals surface area (Å²) in [7, 11) is -0.747. The van der Waals surface area contributed by atoms with Crippen LogP contribution in [0.25, 0.3) is 0 Å². The lowest BCUT2D eigenvalue weighted by Gasteiger charge is -2.18. The van der Waals surface area contributed by atoms with Crippen molar-refractivity contribution in [1.29, 1.82) is 0 Å². The maximum Gasteiger partial charge on any atom is 0.0837 e. The topological polar surface area (TPSA) is 0 Å². The summed E-state index contributed by atoms with van der Waals surface area (Å²) in [5.74, 6) is 0. The van der Waals surface area contributed by atoms with Gasteiger partial charge in [-0.05, 0) is 18.4 Å². The molecule has 0 unspecified atom stereocenters. The van der Waals surface area contributed by atoms with Crippen LogP contribution in [0, 0.1) is 0 Å².